The van der Waals surface area contributed by atoms with Crippen molar-refractivity contribution in [3.63, 3.8) is 0 Å². The van der Waals surface area contributed by atoms with Crippen LogP contribution in [0.1, 0.15) is 45.4 Å². The van der Waals surface area contributed by atoms with Crippen LogP contribution in [0.5, 0.6) is 0 Å². The summed E-state index contributed by atoms with van der Waals surface area (Å²) < 4.78 is 0. The summed E-state index contributed by atoms with van der Waals surface area (Å²) in [5.41, 5.74) is 2.04. The number of rotatable bonds is 7. The molecule has 0 rings (SSSR count). The molecule has 0 bridgehead atoms. The van der Waals surface area contributed by atoms with Crippen LogP contribution in [-0.4, -0.2) is 17.1 Å². The van der Waals surface area contributed by atoms with Crippen LogP contribution >= 0.6 is 0 Å². The van der Waals surface area contributed by atoms with Crippen molar-refractivity contribution in [2.24, 2.45) is 5.84 Å². The van der Waals surface area contributed by atoms with Crippen molar-refractivity contribution >= 4 is 5.91 Å². The predicted octanol–water partition coefficient (Wildman–Crippen LogP) is 0.698. The second-order valence-electron chi connectivity index (χ2n) is 3.26. The lowest BCUT2D eigenvalue weighted by Crippen LogP contribution is -2.30. The largest absolute Gasteiger partial charge is 0.393 e. The minimum Gasteiger partial charge on any atom is -0.393 e. The fraction of sp³-hybridized carbons (Fsp3) is 0.889. The summed E-state index contributed by atoms with van der Waals surface area (Å²) in [6.45, 7) is 2.12. The summed E-state index contributed by atoms with van der Waals surface area (Å²) >= 11 is 0. The summed E-state index contributed by atoms with van der Waals surface area (Å²) in [5.74, 6) is 4.69. The molecular formula is C9H20N2O2. The Morgan fingerprint density at radius 2 is 2.15 bits per heavy atom. The molecule has 0 aromatic carbocycles. The molecule has 1 amide bonds. The average molecular weight is 188 g/mol. The minimum atomic E-state index is -0.358. The van der Waals surface area contributed by atoms with Crippen molar-refractivity contribution in [2.45, 2.75) is 51.6 Å². The van der Waals surface area contributed by atoms with Gasteiger partial charge in [-0.05, 0) is 12.8 Å². The Labute approximate surface area is 79.5 Å². The van der Waals surface area contributed by atoms with Crippen LogP contribution in [0.25, 0.3) is 0 Å². The van der Waals surface area contributed by atoms with Crippen molar-refractivity contribution in [1.82, 2.24) is 5.43 Å². The zero-order chi connectivity index (χ0) is 10.1. The molecule has 78 valence electrons. The van der Waals surface area contributed by atoms with Crippen LogP contribution in [-0.2, 0) is 4.79 Å². The highest BCUT2D eigenvalue weighted by Gasteiger charge is 2.06. The number of hydrogen-bond acceptors (Lipinski definition) is 3. The molecule has 0 saturated carbocycles. The molecule has 0 fully saturated rings. The van der Waals surface area contributed by atoms with E-state index < -0.39 is 0 Å². The highest BCUT2D eigenvalue weighted by Crippen LogP contribution is 2.07. The molecule has 0 unspecified atom stereocenters. The van der Waals surface area contributed by atoms with Gasteiger partial charge in [0.2, 0.25) is 5.91 Å². The first-order valence-corrected chi connectivity index (χ1v) is 4.88. The number of aliphatic hydroxyl groups is 1. The van der Waals surface area contributed by atoms with Crippen LogP contribution in [0.3, 0.4) is 0 Å². The second-order valence-corrected chi connectivity index (χ2v) is 3.26. The van der Waals surface area contributed by atoms with Gasteiger partial charge >= 0.3 is 0 Å². The number of nitrogens with one attached hydrogen (secondary N) is 1. The van der Waals surface area contributed by atoms with E-state index in [-0.39, 0.29) is 12.0 Å². The number of unbranched alkanes of at least 4 members (excludes halogenated alkanes) is 2. The second kappa shape index (κ2) is 8.01. The van der Waals surface area contributed by atoms with Gasteiger partial charge in [0.05, 0.1) is 6.10 Å². The maximum absolute atomic E-state index is 10.7. The Kier molecular flexibility index (Phi) is 7.63. The molecule has 13 heavy (non-hydrogen) atoms. The van der Waals surface area contributed by atoms with E-state index in [1.165, 1.54) is 0 Å². The fourth-order valence-electron chi connectivity index (χ4n) is 1.14. The number of hydrazine groups is 1. The summed E-state index contributed by atoms with van der Waals surface area (Å²) in [7, 11) is 0. The van der Waals surface area contributed by atoms with E-state index in [0.717, 1.165) is 25.7 Å². The predicted molar refractivity (Wildman–Crippen MR) is 51.7 cm³/mol. The van der Waals surface area contributed by atoms with E-state index in [1.807, 2.05) is 5.43 Å². The molecule has 0 spiro atoms. The van der Waals surface area contributed by atoms with Crippen LogP contribution in [0.15, 0.2) is 0 Å². The molecule has 4 nitrogen and oxygen atoms in total. The molecule has 1 atom stereocenters. The Balaban J connectivity index is 3.29. The van der Waals surface area contributed by atoms with Gasteiger partial charge in [-0.2, -0.15) is 0 Å². The van der Waals surface area contributed by atoms with Gasteiger partial charge in [0.1, 0.15) is 0 Å². The maximum atomic E-state index is 10.7. The van der Waals surface area contributed by atoms with E-state index in [4.69, 9.17) is 5.84 Å². The van der Waals surface area contributed by atoms with Crippen molar-refractivity contribution in [3.05, 3.63) is 0 Å². The van der Waals surface area contributed by atoms with E-state index in [9.17, 15) is 9.90 Å². The Morgan fingerprint density at radius 3 is 2.69 bits per heavy atom. The summed E-state index contributed by atoms with van der Waals surface area (Å²) in [6, 6.07) is 0. The molecule has 4 N–H and O–H groups in total. The maximum Gasteiger partial charge on any atom is 0.233 e. The van der Waals surface area contributed by atoms with Gasteiger partial charge < -0.3 is 5.11 Å². The molecule has 0 aliphatic heterocycles. The number of carbonyl (C=O) groups excluding carboxylic acids is 1. The molecule has 0 heterocycles. The zero-order valence-corrected chi connectivity index (χ0v) is 8.25. The quantitative estimate of drug-likeness (QED) is 0.238. The number of nitrogens with two attached hydrogens (primary N) is 1. The molecular weight excluding hydrogens is 168 g/mol. The van der Waals surface area contributed by atoms with Crippen molar-refractivity contribution in [1.29, 1.82) is 0 Å². The molecule has 0 aromatic heterocycles. The lowest BCUT2D eigenvalue weighted by molar-refractivity contribution is -0.121. The molecule has 0 aromatic rings. The van der Waals surface area contributed by atoms with E-state index in [0.29, 0.717) is 12.8 Å². The highest BCUT2D eigenvalue weighted by molar-refractivity contribution is 5.75. The van der Waals surface area contributed by atoms with Crippen molar-refractivity contribution < 1.29 is 9.90 Å². The monoisotopic (exact) mass is 188 g/mol. The van der Waals surface area contributed by atoms with Gasteiger partial charge in [-0.1, -0.05) is 26.2 Å². The van der Waals surface area contributed by atoms with Crippen LogP contribution in [0, 0.1) is 0 Å². The highest BCUT2D eigenvalue weighted by atomic mass is 16.3. The van der Waals surface area contributed by atoms with Gasteiger partial charge in [0.15, 0.2) is 0 Å². The van der Waals surface area contributed by atoms with Crippen molar-refractivity contribution in [2.75, 3.05) is 0 Å². The normalized spacial score (nSPS) is 12.5. The Bertz CT molecular complexity index is 140. The van der Waals surface area contributed by atoms with Gasteiger partial charge in [-0.3, -0.25) is 10.2 Å². The first kappa shape index (κ1) is 12.4. The molecule has 0 aliphatic carbocycles. The van der Waals surface area contributed by atoms with E-state index in [2.05, 4.69) is 6.92 Å². The molecule has 0 aliphatic rings. The fourth-order valence-corrected chi connectivity index (χ4v) is 1.14. The average Bonchev–Trinajstić information content (AvgIpc) is 2.14. The van der Waals surface area contributed by atoms with Crippen LogP contribution < -0.4 is 11.3 Å². The van der Waals surface area contributed by atoms with Crippen molar-refractivity contribution in [3.8, 4) is 0 Å². The van der Waals surface area contributed by atoms with Crippen LogP contribution in [0.4, 0.5) is 0 Å². The SMILES string of the molecule is CCCCC[C@@H](O)CCC(=O)NN. The summed E-state index contributed by atoms with van der Waals surface area (Å²) in [5, 5.41) is 9.40. The minimum absolute atomic E-state index is 0.213. The Morgan fingerprint density at radius 1 is 1.46 bits per heavy atom. The lowest BCUT2D eigenvalue weighted by Gasteiger charge is -2.08. The van der Waals surface area contributed by atoms with E-state index in [1.54, 1.807) is 0 Å². The third-order valence-corrected chi connectivity index (χ3v) is 2.01. The zero-order valence-electron chi connectivity index (χ0n) is 8.25. The topological polar surface area (TPSA) is 75.3 Å². The van der Waals surface area contributed by atoms with Gasteiger partial charge in [-0.25, -0.2) is 5.84 Å². The van der Waals surface area contributed by atoms with Crippen LogP contribution in [0.2, 0.25) is 0 Å². The number of aliphatic hydroxyl groups excluding tert-OH is 1. The summed E-state index contributed by atoms with van der Waals surface area (Å²) in [6.07, 6.45) is 4.56. The molecule has 0 radical (unpaired) electrons. The van der Waals surface area contributed by atoms with Gasteiger partial charge in [0, 0.05) is 6.42 Å². The lowest BCUT2D eigenvalue weighted by atomic mass is 10.1. The smallest absolute Gasteiger partial charge is 0.233 e. The Hall–Kier alpha value is -0.610. The molecule has 4 heteroatoms. The number of carbonyl (C=O) groups is 1. The first-order chi connectivity index (χ1) is 6.20. The number of amides is 1. The van der Waals surface area contributed by atoms with Gasteiger partial charge in [-0.15, -0.1) is 0 Å². The standard InChI is InChI=1S/C9H20N2O2/c1-2-3-4-5-8(12)6-7-9(13)11-10/h8,12H,2-7,10H2,1H3,(H,11,13)/t8-/m1/s1. The number of hydrogen-bond donors (Lipinski definition) is 3. The first-order valence-electron chi connectivity index (χ1n) is 4.88. The van der Waals surface area contributed by atoms with Gasteiger partial charge in [0.25, 0.3) is 0 Å². The third kappa shape index (κ3) is 7.74. The summed E-state index contributed by atoms with van der Waals surface area (Å²) in [4.78, 5) is 10.7. The van der Waals surface area contributed by atoms with E-state index >= 15 is 0 Å². The molecule has 0 saturated heterocycles. The third-order valence-electron chi connectivity index (χ3n) is 2.01.